The van der Waals surface area contributed by atoms with Gasteiger partial charge in [0.15, 0.2) is 5.78 Å². The highest BCUT2D eigenvalue weighted by molar-refractivity contribution is 6.30. The molecule has 132 valence electrons. The van der Waals surface area contributed by atoms with Gasteiger partial charge in [0.1, 0.15) is 5.82 Å². The third kappa shape index (κ3) is 2.84. The standard InChI is InChI=1S/C21H17ClFNO2/c22-14-10-8-13(9-11-14)15-12-20(26)24(17-5-2-1-4-16(17)23)18-6-3-7-19(25)21(15)18/h1-2,4-5,8-11,15H,3,6-7,12H2/t15-/m0/s1. The van der Waals surface area contributed by atoms with Gasteiger partial charge in [0, 0.05) is 35.1 Å². The molecule has 1 aliphatic heterocycles. The number of carbonyl (C=O) groups is 2. The predicted octanol–water partition coefficient (Wildman–Crippen LogP) is 5.01. The lowest BCUT2D eigenvalue weighted by atomic mass is 9.77. The first kappa shape index (κ1) is 17.0. The number of nitrogens with zero attached hydrogens (tertiary/aromatic N) is 1. The number of allylic oxidation sites excluding steroid dienone is 2. The van der Waals surface area contributed by atoms with Gasteiger partial charge < -0.3 is 0 Å². The maximum Gasteiger partial charge on any atom is 0.232 e. The largest absolute Gasteiger partial charge is 0.294 e. The van der Waals surface area contributed by atoms with Gasteiger partial charge in [0.2, 0.25) is 5.91 Å². The number of hydrogen-bond acceptors (Lipinski definition) is 2. The molecule has 1 atom stereocenters. The molecule has 1 heterocycles. The summed E-state index contributed by atoms with van der Waals surface area (Å²) in [5.41, 5.74) is 2.39. The Morgan fingerprint density at radius 2 is 1.73 bits per heavy atom. The molecule has 0 aromatic heterocycles. The highest BCUT2D eigenvalue weighted by Crippen LogP contribution is 2.43. The Balaban J connectivity index is 1.87. The Labute approximate surface area is 156 Å². The summed E-state index contributed by atoms with van der Waals surface area (Å²) in [5.74, 6) is -0.912. The SMILES string of the molecule is O=C1CCCC2=C1[C@H](c1ccc(Cl)cc1)CC(=O)N2c1ccccc1F. The fourth-order valence-electron chi connectivity index (χ4n) is 3.89. The van der Waals surface area contributed by atoms with Crippen molar-refractivity contribution in [1.29, 1.82) is 0 Å². The number of anilines is 1. The van der Waals surface area contributed by atoms with Crippen LogP contribution in [0.2, 0.25) is 5.02 Å². The van der Waals surface area contributed by atoms with Crippen molar-refractivity contribution in [3.8, 4) is 0 Å². The van der Waals surface area contributed by atoms with Gasteiger partial charge in [-0.1, -0.05) is 35.9 Å². The summed E-state index contributed by atoms with van der Waals surface area (Å²) in [7, 11) is 0. The Kier molecular flexibility index (Phi) is 4.37. The minimum atomic E-state index is -0.462. The molecule has 0 unspecified atom stereocenters. The van der Waals surface area contributed by atoms with Gasteiger partial charge in [0.25, 0.3) is 0 Å². The molecule has 5 heteroatoms. The maximum absolute atomic E-state index is 14.4. The number of benzene rings is 2. The number of para-hydroxylation sites is 1. The van der Waals surface area contributed by atoms with E-state index in [1.54, 1.807) is 30.3 Å². The van der Waals surface area contributed by atoms with Crippen molar-refractivity contribution in [3.05, 3.63) is 76.2 Å². The predicted molar refractivity (Wildman–Crippen MR) is 98.6 cm³/mol. The van der Waals surface area contributed by atoms with Crippen LogP contribution in [0, 0.1) is 5.82 Å². The number of halogens is 2. The van der Waals surface area contributed by atoms with Crippen molar-refractivity contribution in [2.24, 2.45) is 0 Å². The molecule has 0 saturated carbocycles. The molecule has 26 heavy (non-hydrogen) atoms. The first-order chi connectivity index (χ1) is 12.6. The molecule has 0 radical (unpaired) electrons. The number of ketones is 1. The van der Waals surface area contributed by atoms with Crippen LogP contribution in [0.25, 0.3) is 0 Å². The van der Waals surface area contributed by atoms with Gasteiger partial charge in [-0.15, -0.1) is 0 Å². The molecule has 4 rings (SSSR count). The van der Waals surface area contributed by atoms with E-state index in [-0.39, 0.29) is 29.7 Å². The van der Waals surface area contributed by atoms with E-state index in [0.717, 1.165) is 5.56 Å². The van der Waals surface area contributed by atoms with Crippen LogP contribution in [-0.2, 0) is 9.59 Å². The molecule has 2 aromatic rings. The fourth-order valence-corrected chi connectivity index (χ4v) is 4.01. The van der Waals surface area contributed by atoms with Gasteiger partial charge in [-0.3, -0.25) is 14.5 Å². The summed E-state index contributed by atoms with van der Waals surface area (Å²) < 4.78 is 14.4. The number of Topliss-reactive ketones (excluding diaryl/α,β-unsaturated/α-hetero) is 1. The first-order valence-corrected chi connectivity index (χ1v) is 9.03. The van der Waals surface area contributed by atoms with Crippen molar-refractivity contribution in [3.63, 3.8) is 0 Å². The van der Waals surface area contributed by atoms with Crippen LogP contribution < -0.4 is 4.90 Å². The zero-order valence-electron chi connectivity index (χ0n) is 14.0. The minimum Gasteiger partial charge on any atom is -0.294 e. The molecule has 0 bridgehead atoms. The molecule has 0 spiro atoms. The van der Waals surface area contributed by atoms with Gasteiger partial charge in [-0.2, -0.15) is 0 Å². The Morgan fingerprint density at radius 1 is 1.00 bits per heavy atom. The summed E-state index contributed by atoms with van der Waals surface area (Å²) >= 11 is 5.97. The lowest BCUT2D eigenvalue weighted by molar-refractivity contribution is -0.120. The second kappa shape index (κ2) is 6.69. The monoisotopic (exact) mass is 369 g/mol. The molecule has 2 aliphatic rings. The quantitative estimate of drug-likeness (QED) is 0.746. The molecule has 2 aromatic carbocycles. The van der Waals surface area contributed by atoms with Crippen LogP contribution in [0.5, 0.6) is 0 Å². The smallest absolute Gasteiger partial charge is 0.232 e. The van der Waals surface area contributed by atoms with Crippen LogP contribution in [0.1, 0.15) is 37.2 Å². The number of carbonyl (C=O) groups excluding carboxylic acids is 2. The average Bonchev–Trinajstić information content (AvgIpc) is 2.63. The molecule has 0 fully saturated rings. The summed E-state index contributed by atoms with van der Waals surface area (Å²) in [4.78, 5) is 27.1. The van der Waals surface area contributed by atoms with Gasteiger partial charge in [-0.25, -0.2) is 4.39 Å². The number of hydrogen-bond donors (Lipinski definition) is 0. The molecular weight excluding hydrogens is 353 g/mol. The van der Waals surface area contributed by atoms with E-state index >= 15 is 0 Å². The molecule has 0 saturated heterocycles. The topological polar surface area (TPSA) is 37.4 Å². The molecule has 3 nitrogen and oxygen atoms in total. The van der Waals surface area contributed by atoms with Crippen LogP contribution in [0.4, 0.5) is 10.1 Å². The van der Waals surface area contributed by atoms with Crippen LogP contribution in [0.15, 0.2) is 59.8 Å². The highest BCUT2D eigenvalue weighted by Gasteiger charge is 2.40. The van der Waals surface area contributed by atoms with E-state index in [4.69, 9.17) is 11.6 Å². The zero-order valence-corrected chi connectivity index (χ0v) is 14.8. The lowest BCUT2D eigenvalue weighted by Gasteiger charge is -2.38. The van der Waals surface area contributed by atoms with Crippen molar-refractivity contribution in [2.75, 3.05) is 4.90 Å². The van der Waals surface area contributed by atoms with Crippen LogP contribution >= 0.6 is 11.6 Å². The molecule has 1 amide bonds. The minimum absolute atomic E-state index is 0.0417. The van der Waals surface area contributed by atoms with Crippen molar-refractivity contribution < 1.29 is 14.0 Å². The van der Waals surface area contributed by atoms with Gasteiger partial charge in [0.05, 0.1) is 5.69 Å². The van der Waals surface area contributed by atoms with E-state index in [1.807, 2.05) is 12.1 Å². The van der Waals surface area contributed by atoms with E-state index in [9.17, 15) is 14.0 Å². The summed E-state index contributed by atoms with van der Waals surface area (Å²) in [6, 6.07) is 13.4. The van der Waals surface area contributed by atoms with E-state index in [2.05, 4.69) is 0 Å². The second-order valence-electron chi connectivity index (χ2n) is 6.63. The molecular formula is C21H17ClFNO2. The fraction of sp³-hybridized carbons (Fsp3) is 0.238. The summed E-state index contributed by atoms with van der Waals surface area (Å²) in [6.07, 6.45) is 1.86. The van der Waals surface area contributed by atoms with Crippen molar-refractivity contribution in [2.45, 2.75) is 31.6 Å². The molecule has 0 N–H and O–H groups in total. The third-order valence-corrected chi connectivity index (χ3v) is 5.29. The zero-order chi connectivity index (χ0) is 18.3. The highest BCUT2D eigenvalue weighted by atomic mass is 35.5. The average molecular weight is 370 g/mol. The third-order valence-electron chi connectivity index (χ3n) is 5.04. The lowest BCUT2D eigenvalue weighted by Crippen LogP contribution is -2.41. The second-order valence-corrected chi connectivity index (χ2v) is 7.06. The summed E-state index contributed by atoms with van der Waals surface area (Å²) in [6.45, 7) is 0. The summed E-state index contributed by atoms with van der Waals surface area (Å²) in [5, 5.41) is 0.605. The van der Waals surface area contributed by atoms with E-state index in [1.165, 1.54) is 11.0 Å². The van der Waals surface area contributed by atoms with Crippen molar-refractivity contribution in [1.82, 2.24) is 0 Å². The molecule has 1 aliphatic carbocycles. The maximum atomic E-state index is 14.4. The van der Waals surface area contributed by atoms with Gasteiger partial charge in [-0.05, 0) is 42.7 Å². The Morgan fingerprint density at radius 3 is 2.46 bits per heavy atom. The normalized spacial score (nSPS) is 20.4. The Bertz CT molecular complexity index is 920. The van der Waals surface area contributed by atoms with Crippen LogP contribution in [-0.4, -0.2) is 11.7 Å². The van der Waals surface area contributed by atoms with E-state index in [0.29, 0.717) is 35.6 Å². The number of rotatable bonds is 2. The van der Waals surface area contributed by atoms with Crippen molar-refractivity contribution >= 4 is 29.0 Å². The Hall–Kier alpha value is -2.46. The van der Waals surface area contributed by atoms with Gasteiger partial charge >= 0.3 is 0 Å². The van der Waals surface area contributed by atoms with Crippen LogP contribution in [0.3, 0.4) is 0 Å². The number of amides is 1. The van der Waals surface area contributed by atoms with E-state index < -0.39 is 5.82 Å². The first-order valence-electron chi connectivity index (χ1n) is 8.65.